The molecule has 1 aromatic rings. The second-order valence-electron chi connectivity index (χ2n) is 5.21. The van der Waals surface area contributed by atoms with Crippen LogP contribution in [0.25, 0.3) is 0 Å². The quantitative estimate of drug-likeness (QED) is 0.881. The molecule has 1 aromatic heterocycles. The van der Waals surface area contributed by atoms with Gasteiger partial charge in [-0.15, -0.1) is 0 Å². The monoisotopic (exact) mass is 373 g/mol. The fourth-order valence-corrected chi connectivity index (χ4v) is 4.12. The highest BCUT2D eigenvalue weighted by Gasteiger charge is 2.33. The third kappa shape index (κ3) is 2.79. The SMILES string of the molecule is Brc1cnc(CNC2CN3CCC2CC3)c(Br)c1. The van der Waals surface area contributed by atoms with Crippen LogP contribution in [0.3, 0.4) is 0 Å². The normalized spacial score (nSPS) is 30.7. The summed E-state index contributed by atoms with van der Waals surface area (Å²) >= 11 is 7.00. The first-order valence-electron chi connectivity index (χ1n) is 6.48. The summed E-state index contributed by atoms with van der Waals surface area (Å²) in [5.41, 5.74) is 1.09. The van der Waals surface area contributed by atoms with Gasteiger partial charge in [0.15, 0.2) is 0 Å². The zero-order chi connectivity index (χ0) is 12.5. The highest BCUT2D eigenvalue weighted by molar-refractivity contribution is 9.11. The predicted molar refractivity (Wildman–Crippen MR) is 79.4 cm³/mol. The van der Waals surface area contributed by atoms with Gasteiger partial charge in [-0.3, -0.25) is 4.98 Å². The van der Waals surface area contributed by atoms with Crippen LogP contribution in [-0.2, 0) is 6.54 Å². The van der Waals surface area contributed by atoms with Crippen LogP contribution in [0.5, 0.6) is 0 Å². The van der Waals surface area contributed by atoms with Gasteiger partial charge in [-0.05, 0) is 69.8 Å². The lowest BCUT2D eigenvalue weighted by molar-refractivity contribution is 0.0718. The maximum Gasteiger partial charge on any atom is 0.0684 e. The standard InChI is InChI=1S/C13H17Br2N3/c14-10-5-11(15)12(16-6-10)7-17-13-8-18-3-1-9(13)2-4-18/h5-6,9,13,17H,1-4,7-8H2. The predicted octanol–water partition coefficient (Wildman–Crippen LogP) is 2.79. The van der Waals surface area contributed by atoms with Crippen molar-refractivity contribution >= 4 is 31.9 Å². The number of nitrogens with one attached hydrogen (secondary N) is 1. The number of aromatic nitrogens is 1. The Morgan fingerprint density at radius 2 is 2.11 bits per heavy atom. The molecule has 3 aliphatic rings. The number of rotatable bonds is 3. The molecule has 98 valence electrons. The van der Waals surface area contributed by atoms with Crippen molar-refractivity contribution in [2.24, 2.45) is 5.92 Å². The molecule has 0 saturated carbocycles. The van der Waals surface area contributed by atoms with Crippen LogP contribution < -0.4 is 5.32 Å². The summed E-state index contributed by atoms with van der Waals surface area (Å²) in [5, 5.41) is 3.68. The minimum Gasteiger partial charge on any atom is -0.307 e. The number of pyridine rings is 1. The van der Waals surface area contributed by atoms with Crippen LogP contribution in [0.1, 0.15) is 18.5 Å². The van der Waals surface area contributed by atoms with Crippen molar-refractivity contribution in [1.82, 2.24) is 15.2 Å². The van der Waals surface area contributed by atoms with Gasteiger partial charge < -0.3 is 10.2 Å². The first kappa shape index (κ1) is 13.0. The summed E-state index contributed by atoms with van der Waals surface area (Å²) < 4.78 is 2.09. The lowest BCUT2D eigenvalue weighted by Crippen LogP contribution is -2.55. The fourth-order valence-electron chi connectivity index (χ4n) is 3.00. The number of nitrogens with zero attached hydrogens (tertiary/aromatic N) is 2. The Morgan fingerprint density at radius 3 is 2.72 bits per heavy atom. The van der Waals surface area contributed by atoms with E-state index in [1.165, 1.54) is 32.5 Å². The summed E-state index contributed by atoms with van der Waals surface area (Å²) in [5.74, 6) is 0.865. The first-order valence-corrected chi connectivity index (χ1v) is 8.06. The molecule has 3 fully saturated rings. The van der Waals surface area contributed by atoms with E-state index in [1.54, 1.807) is 0 Å². The van der Waals surface area contributed by atoms with Gasteiger partial charge in [0.25, 0.3) is 0 Å². The summed E-state index contributed by atoms with van der Waals surface area (Å²) in [6.45, 7) is 4.65. The van der Waals surface area contributed by atoms with E-state index < -0.39 is 0 Å². The van der Waals surface area contributed by atoms with Gasteiger partial charge >= 0.3 is 0 Å². The Bertz CT molecular complexity index is 430. The lowest BCUT2D eigenvalue weighted by atomic mass is 9.84. The fraction of sp³-hybridized carbons (Fsp3) is 0.615. The van der Waals surface area contributed by atoms with Crippen molar-refractivity contribution in [3.8, 4) is 0 Å². The molecule has 4 heterocycles. The summed E-state index contributed by atoms with van der Waals surface area (Å²) in [6.07, 6.45) is 4.57. The van der Waals surface area contributed by atoms with Crippen molar-refractivity contribution < 1.29 is 0 Å². The molecule has 0 aliphatic carbocycles. The number of halogens is 2. The molecule has 3 aliphatic heterocycles. The number of fused-ring (bicyclic) bond motifs is 3. The highest BCUT2D eigenvalue weighted by atomic mass is 79.9. The van der Waals surface area contributed by atoms with Gasteiger partial charge in [0, 0.05) is 34.3 Å². The second-order valence-corrected chi connectivity index (χ2v) is 6.98. The van der Waals surface area contributed by atoms with E-state index in [-0.39, 0.29) is 0 Å². The van der Waals surface area contributed by atoms with Crippen LogP contribution in [0, 0.1) is 5.92 Å². The molecule has 0 amide bonds. The van der Waals surface area contributed by atoms with E-state index in [2.05, 4.69) is 53.1 Å². The summed E-state index contributed by atoms with van der Waals surface area (Å²) in [7, 11) is 0. The van der Waals surface area contributed by atoms with Gasteiger partial charge in [0.1, 0.15) is 0 Å². The lowest BCUT2D eigenvalue weighted by Gasteiger charge is -2.45. The second kappa shape index (κ2) is 5.57. The smallest absolute Gasteiger partial charge is 0.0684 e. The Balaban J connectivity index is 1.61. The molecule has 0 spiro atoms. The van der Waals surface area contributed by atoms with Gasteiger partial charge in [-0.1, -0.05) is 0 Å². The molecule has 0 radical (unpaired) electrons. The van der Waals surface area contributed by atoms with E-state index in [0.29, 0.717) is 6.04 Å². The molecule has 2 bridgehead atoms. The van der Waals surface area contributed by atoms with Crippen molar-refractivity contribution in [1.29, 1.82) is 0 Å². The van der Waals surface area contributed by atoms with Crippen LogP contribution in [0.4, 0.5) is 0 Å². The maximum atomic E-state index is 4.45. The molecule has 3 saturated heterocycles. The maximum absolute atomic E-state index is 4.45. The Hall–Kier alpha value is 0.0300. The Kier molecular flexibility index (Phi) is 4.03. The average molecular weight is 375 g/mol. The number of piperidine rings is 3. The van der Waals surface area contributed by atoms with E-state index in [0.717, 1.165) is 27.1 Å². The van der Waals surface area contributed by atoms with Gasteiger partial charge in [0.2, 0.25) is 0 Å². The van der Waals surface area contributed by atoms with Gasteiger partial charge in [0.05, 0.1) is 5.69 Å². The number of hydrogen-bond donors (Lipinski definition) is 1. The Labute approximate surface area is 125 Å². The summed E-state index contributed by atoms with van der Waals surface area (Å²) in [6, 6.07) is 2.70. The highest BCUT2D eigenvalue weighted by Crippen LogP contribution is 2.28. The van der Waals surface area contributed by atoms with E-state index in [1.807, 2.05) is 6.20 Å². The van der Waals surface area contributed by atoms with Crippen LogP contribution in [-0.4, -0.2) is 35.6 Å². The van der Waals surface area contributed by atoms with E-state index in [9.17, 15) is 0 Å². The third-order valence-corrected chi connectivity index (χ3v) is 5.19. The van der Waals surface area contributed by atoms with E-state index in [4.69, 9.17) is 0 Å². The molecule has 1 N–H and O–H groups in total. The van der Waals surface area contributed by atoms with Crippen molar-refractivity contribution in [3.05, 3.63) is 26.9 Å². The molecule has 4 rings (SSSR count). The molecule has 3 nitrogen and oxygen atoms in total. The van der Waals surface area contributed by atoms with E-state index >= 15 is 0 Å². The molecule has 18 heavy (non-hydrogen) atoms. The molecule has 5 heteroatoms. The van der Waals surface area contributed by atoms with Crippen molar-refractivity contribution in [3.63, 3.8) is 0 Å². The zero-order valence-corrected chi connectivity index (χ0v) is 13.4. The topological polar surface area (TPSA) is 28.2 Å². The third-order valence-electron chi connectivity index (χ3n) is 4.07. The molecule has 0 aromatic carbocycles. The van der Waals surface area contributed by atoms with Crippen molar-refractivity contribution in [2.75, 3.05) is 19.6 Å². The molecular weight excluding hydrogens is 358 g/mol. The van der Waals surface area contributed by atoms with Gasteiger partial charge in [-0.2, -0.15) is 0 Å². The van der Waals surface area contributed by atoms with Crippen LogP contribution in [0.2, 0.25) is 0 Å². The minimum absolute atomic E-state index is 0.643. The number of hydrogen-bond acceptors (Lipinski definition) is 3. The largest absolute Gasteiger partial charge is 0.307 e. The first-order chi connectivity index (χ1) is 8.72. The molecule has 1 atom stereocenters. The zero-order valence-electron chi connectivity index (χ0n) is 10.2. The van der Waals surface area contributed by atoms with Gasteiger partial charge in [-0.25, -0.2) is 0 Å². The van der Waals surface area contributed by atoms with Crippen molar-refractivity contribution in [2.45, 2.75) is 25.4 Å². The molecular formula is C13H17Br2N3. The Morgan fingerprint density at radius 1 is 1.33 bits per heavy atom. The summed E-state index contributed by atoms with van der Waals surface area (Å²) in [4.78, 5) is 7.03. The van der Waals surface area contributed by atoms with Crippen LogP contribution in [0.15, 0.2) is 21.2 Å². The van der Waals surface area contributed by atoms with Crippen LogP contribution >= 0.6 is 31.9 Å². The minimum atomic E-state index is 0.643. The average Bonchev–Trinajstić information content (AvgIpc) is 2.39. The molecule has 1 unspecified atom stereocenters.